The number of rotatable bonds is 2. The summed E-state index contributed by atoms with van der Waals surface area (Å²) in [6.07, 6.45) is 0. The van der Waals surface area contributed by atoms with Gasteiger partial charge in [-0.25, -0.2) is 4.68 Å². The summed E-state index contributed by atoms with van der Waals surface area (Å²) in [5, 5.41) is 4.20. The molecule has 0 unspecified atom stereocenters. The van der Waals surface area contributed by atoms with Crippen LogP contribution in [0.1, 0.15) is 11.3 Å². The van der Waals surface area contributed by atoms with Gasteiger partial charge in [-0.2, -0.15) is 5.10 Å². The molecule has 2 aromatic rings. The molecule has 4 heteroatoms. The van der Waals surface area contributed by atoms with Crippen LogP contribution in [-0.2, 0) is 7.05 Å². The molecule has 0 amide bonds. The largest absolute Gasteiger partial charge is 0.437 e. The van der Waals surface area contributed by atoms with Gasteiger partial charge in [0.1, 0.15) is 11.4 Å². The number of aryl methyl sites for hydroxylation is 3. The molecular weight excluding hydrogens is 202 g/mol. The van der Waals surface area contributed by atoms with Gasteiger partial charge in [0.2, 0.25) is 5.88 Å². The molecule has 1 aromatic carbocycles. The standard InChI is InChI=1S/C12H15N3O/c1-8-6-4-5-7-10(8)16-12-11(13)9(2)14-15(12)3/h4-7H,13H2,1-3H3. The number of ether oxygens (including phenoxy) is 1. The Balaban J connectivity index is 2.38. The first-order valence-electron chi connectivity index (χ1n) is 5.12. The topological polar surface area (TPSA) is 53.1 Å². The molecule has 2 N–H and O–H groups in total. The second-order valence-corrected chi connectivity index (χ2v) is 3.80. The third kappa shape index (κ3) is 1.74. The zero-order valence-corrected chi connectivity index (χ0v) is 9.69. The smallest absolute Gasteiger partial charge is 0.241 e. The molecule has 0 saturated carbocycles. The van der Waals surface area contributed by atoms with Crippen LogP contribution >= 0.6 is 0 Å². The van der Waals surface area contributed by atoms with Crippen molar-refractivity contribution in [2.45, 2.75) is 13.8 Å². The molecule has 2 rings (SSSR count). The molecule has 0 bridgehead atoms. The number of aromatic nitrogens is 2. The molecule has 16 heavy (non-hydrogen) atoms. The van der Waals surface area contributed by atoms with Gasteiger partial charge < -0.3 is 10.5 Å². The summed E-state index contributed by atoms with van der Waals surface area (Å²) in [6, 6.07) is 7.81. The molecule has 0 radical (unpaired) electrons. The predicted octanol–water partition coefficient (Wildman–Crippen LogP) is 2.41. The van der Waals surface area contributed by atoms with E-state index >= 15 is 0 Å². The summed E-state index contributed by atoms with van der Waals surface area (Å²) >= 11 is 0. The molecule has 0 aliphatic carbocycles. The van der Waals surface area contributed by atoms with E-state index in [0.717, 1.165) is 17.0 Å². The van der Waals surface area contributed by atoms with E-state index in [9.17, 15) is 0 Å². The number of nitrogens with two attached hydrogens (primary N) is 1. The highest BCUT2D eigenvalue weighted by Crippen LogP contribution is 2.30. The lowest BCUT2D eigenvalue weighted by molar-refractivity contribution is 0.430. The minimum atomic E-state index is 0.589. The van der Waals surface area contributed by atoms with Gasteiger partial charge in [-0.15, -0.1) is 0 Å². The van der Waals surface area contributed by atoms with Crippen molar-refractivity contribution in [3.8, 4) is 11.6 Å². The Morgan fingerprint density at radius 3 is 2.50 bits per heavy atom. The third-order valence-corrected chi connectivity index (χ3v) is 2.51. The predicted molar refractivity (Wildman–Crippen MR) is 63.6 cm³/mol. The first kappa shape index (κ1) is 10.5. The fourth-order valence-corrected chi connectivity index (χ4v) is 1.55. The first-order chi connectivity index (χ1) is 7.59. The molecule has 0 aliphatic rings. The van der Waals surface area contributed by atoms with Crippen LogP contribution in [0.25, 0.3) is 0 Å². The second kappa shape index (κ2) is 3.89. The van der Waals surface area contributed by atoms with Crippen molar-refractivity contribution in [1.29, 1.82) is 0 Å². The van der Waals surface area contributed by atoms with E-state index in [1.54, 1.807) is 4.68 Å². The van der Waals surface area contributed by atoms with Gasteiger partial charge in [-0.05, 0) is 25.5 Å². The summed E-state index contributed by atoms with van der Waals surface area (Å²) in [5.74, 6) is 1.39. The Kier molecular flexibility index (Phi) is 2.56. The average molecular weight is 217 g/mol. The summed E-state index contributed by atoms with van der Waals surface area (Å²) in [5.41, 5.74) is 8.34. The summed E-state index contributed by atoms with van der Waals surface area (Å²) in [6.45, 7) is 3.86. The highest BCUT2D eigenvalue weighted by Gasteiger charge is 2.12. The van der Waals surface area contributed by atoms with Crippen molar-refractivity contribution in [3.05, 3.63) is 35.5 Å². The monoisotopic (exact) mass is 217 g/mol. The summed E-state index contributed by atoms with van der Waals surface area (Å²) in [7, 11) is 1.82. The van der Waals surface area contributed by atoms with Crippen LogP contribution in [0.4, 0.5) is 5.69 Å². The molecule has 0 saturated heterocycles. The first-order valence-corrected chi connectivity index (χ1v) is 5.12. The Morgan fingerprint density at radius 1 is 1.25 bits per heavy atom. The highest BCUT2D eigenvalue weighted by molar-refractivity contribution is 5.54. The van der Waals surface area contributed by atoms with Crippen molar-refractivity contribution >= 4 is 5.69 Å². The number of hydrogen-bond donors (Lipinski definition) is 1. The number of nitrogens with zero attached hydrogens (tertiary/aromatic N) is 2. The van der Waals surface area contributed by atoms with Gasteiger partial charge in [-0.1, -0.05) is 18.2 Å². The van der Waals surface area contributed by atoms with Crippen LogP contribution in [0.2, 0.25) is 0 Å². The van der Waals surface area contributed by atoms with Crippen LogP contribution in [0, 0.1) is 13.8 Å². The summed E-state index contributed by atoms with van der Waals surface area (Å²) < 4.78 is 7.42. The molecule has 1 heterocycles. The minimum Gasteiger partial charge on any atom is -0.437 e. The highest BCUT2D eigenvalue weighted by atomic mass is 16.5. The molecule has 1 aromatic heterocycles. The fraction of sp³-hybridized carbons (Fsp3) is 0.250. The van der Waals surface area contributed by atoms with Crippen LogP contribution in [-0.4, -0.2) is 9.78 Å². The van der Waals surface area contributed by atoms with E-state index in [-0.39, 0.29) is 0 Å². The Morgan fingerprint density at radius 2 is 1.94 bits per heavy atom. The second-order valence-electron chi connectivity index (χ2n) is 3.80. The van der Waals surface area contributed by atoms with E-state index in [1.807, 2.05) is 45.2 Å². The molecule has 4 nitrogen and oxygen atoms in total. The normalized spacial score (nSPS) is 10.4. The van der Waals surface area contributed by atoms with E-state index in [2.05, 4.69) is 5.10 Å². The van der Waals surface area contributed by atoms with Crippen LogP contribution in [0.3, 0.4) is 0 Å². The Bertz CT molecular complexity index is 517. The van der Waals surface area contributed by atoms with Crippen molar-refractivity contribution in [2.24, 2.45) is 7.05 Å². The lowest BCUT2D eigenvalue weighted by Gasteiger charge is -2.08. The van der Waals surface area contributed by atoms with Crippen LogP contribution in [0.15, 0.2) is 24.3 Å². The Labute approximate surface area is 94.6 Å². The van der Waals surface area contributed by atoms with Crippen molar-refractivity contribution in [1.82, 2.24) is 9.78 Å². The SMILES string of the molecule is Cc1ccccc1Oc1c(N)c(C)nn1C. The number of anilines is 1. The molecule has 84 valence electrons. The van der Waals surface area contributed by atoms with Crippen molar-refractivity contribution in [3.63, 3.8) is 0 Å². The number of hydrogen-bond acceptors (Lipinski definition) is 3. The fourth-order valence-electron chi connectivity index (χ4n) is 1.55. The van der Waals surface area contributed by atoms with Crippen LogP contribution < -0.4 is 10.5 Å². The van der Waals surface area contributed by atoms with E-state index in [1.165, 1.54) is 0 Å². The molecule has 0 spiro atoms. The van der Waals surface area contributed by atoms with Gasteiger partial charge in [0.25, 0.3) is 0 Å². The number of benzene rings is 1. The molecule has 0 atom stereocenters. The van der Waals surface area contributed by atoms with Gasteiger partial charge in [0.05, 0.1) is 5.69 Å². The summed E-state index contributed by atoms with van der Waals surface area (Å²) in [4.78, 5) is 0. The van der Waals surface area contributed by atoms with Gasteiger partial charge in [-0.3, -0.25) is 0 Å². The van der Waals surface area contributed by atoms with Crippen molar-refractivity contribution in [2.75, 3.05) is 5.73 Å². The number of para-hydroxylation sites is 1. The number of nitrogen functional groups attached to an aromatic ring is 1. The molecule has 0 aliphatic heterocycles. The van der Waals surface area contributed by atoms with E-state index < -0.39 is 0 Å². The maximum absolute atomic E-state index is 5.89. The lowest BCUT2D eigenvalue weighted by atomic mass is 10.2. The lowest BCUT2D eigenvalue weighted by Crippen LogP contribution is -1.97. The zero-order chi connectivity index (χ0) is 11.7. The zero-order valence-electron chi connectivity index (χ0n) is 9.69. The third-order valence-electron chi connectivity index (χ3n) is 2.51. The van der Waals surface area contributed by atoms with Gasteiger partial charge in [0.15, 0.2) is 0 Å². The van der Waals surface area contributed by atoms with Crippen LogP contribution in [0.5, 0.6) is 11.6 Å². The van der Waals surface area contributed by atoms with Gasteiger partial charge >= 0.3 is 0 Å². The molecule has 0 fully saturated rings. The Hall–Kier alpha value is -1.97. The quantitative estimate of drug-likeness (QED) is 0.840. The van der Waals surface area contributed by atoms with E-state index in [4.69, 9.17) is 10.5 Å². The minimum absolute atomic E-state index is 0.589. The molecular formula is C12H15N3O. The average Bonchev–Trinajstić information content (AvgIpc) is 2.48. The van der Waals surface area contributed by atoms with Crippen molar-refractivity contribution < 1.29 is 4.74 Å². The maximum Gasteiger partial charge on any atom is 0.241 e. The van der Waals surface area contributed by atoms with E-state index in [0.29, 0.717) is 11.6 Å². The van der Waals surface area contributed by atoms with Gasteiger partial charge in [0, 0.05) is 7.05 Å². The maximum atomic E-state index is 5.89.